The Hall–Kier alpha value is -0.990. The molecule has 1 N–H and O–H groups in total. The molecule has 0 atom stereocenters. The molecule has 1 aromatic heterocycles. The maximum Gasteiger partial charge on any atom is 0.266 e. The fraction of sp³-hybridized carbons (Fsp3) is 0.750. The Kier molecular flexibility index (Phi) is 5.22. The first-order valence-corrected chi connectivity index (χ1v) is 6.00. The Bertz CT molecular complexity index is 325. The number of hydrogen-bond donors (Lipinski definition) is 1. The summed E-state index contributed by atoms with van der Waals surface area (Å²) in [5.41, 5.74) is 1.05. The van der Waals surface area contributed by atoms with Crippen LogP contribution in [0.3, 0.4) is 0 Å². The Balaban J connectivity index is 2.15. The zero-order chi connectivity index (χ0) is 11.1. The van der Waals surface area contributed by atoms with E-state index in [4.69, 9.17) is 0 Å². The van der Waals surface area contributed by atoms with Gasteiger partial charge < -0.3 is 5.10 Å². The lowest BCUT2D eigenvalue weighted by Crippen LogP contribution is -2.15. The normalized spacial score (nSPS) is 10.8. The van der Waals surface area contributed by atoms with Gasteiger partial charge in [0.1, 0.15) is 0 Å². The van der Waals surface area contributed by atoms with Gasteiger partial charge in [-0.1, -0.05) is 39.0 Å². The van der Waals surface area contributed by atoms with Crippen LogP contribution >= 0.6 is 0 Å². The summed E-state index contributed by atoms with van der Waals surface area (Å²) in [5.74, 6) is 0. The van der Waals surface area contributed by atoms with E-state index in [1.54, 1.807) is 10.7 Å². The van der Waals surface area contributed by atoms with Crippen molar-refractivity contribution in [2.24, 2.45) is 0 Å². The minimum absolute atomic E-state index is 0.0982. The fourth-order valence-electron chi connectivity index (χ4n) is 1.78. The SMILES string of the molecule is CCCCCCCCn1[nH]c(C)cc1=O. The Morgan fingerprint density at radius 2 is 1.87 bits per heavy atom. The highest BCUT2D eigenvalue weighted by Crippen LogP contribution is 2.05. The topological polar surface area (TPSA) is 37.8 Å². The minimum Gasteiger partial charge on any atom is -0.300 e. The summed E-state index contributed by atoms with van der Waals surface area (Å²) in [6, 6.07) is 1.65. The molecule has 0 aliphatic rings. The average molecular weight is 210 g/mol. The van der Waals surface area contributed by atoms with Gasteiger partial charge in [-0.05, 0) is 13.3 Å². The van der Waals surface area contributed by atoms with Crippen LogP contribution in [0.2, 0.25) is 0 Å². The van der Waals surface area contributed by atoms with Crippen molar-refractivity contribution >= 4 is 0 Å². The first-order chi connectivity index (χ1) is 7.24. The van der Waals surface area contributed by atoms with Crippen LogP contribution in [0.15, 0.2) is 10.9 Å². The molecule has 0 spiro atoms. The molecule has 0 radical (unpaired) electrons. The number of aromatic nitrogens is 2. The van der Waals surface area contributed by atoms with Gasteiger partial charge in [-0.3, -0.25) is 9.48 Å². The van der Waals surface area contributed by atoms with Crippen molar-refractivity contribution in [2.75, 3.05) is 0 Å². The van der Waals surface area contributed by atoms with Gasteiger partial charge in [-0.15, -0.1) is 0 Å². The molecule has 0 aliphatic heterocycles. The van der Waals surface area contributed by atoms with Gasteiger partial charge in [-0.2, -0.15) is 0 Å². The van der Waals surface area contributed by atoms with Crippen molar-refractivity contribution < 1.29 is 0 Å². The van der Waals surface area contributed by atoms with Crippen molar-refractivity contribution in [3.05, 3.63) is 22.1 Å². The number of aromatic amines is 1. The number of hydrogen-bond acceptors (Lipinski definition) is 1. The average Bonchev–Trinajstić information content (AvgIpc) is 2.51. The predicted octanol–water partition coefficient (Wildman–Crippen LogP) is 2.85. The number of nitrogens with zero attached hydrogens (tertiary/aromatic N) is 1. The number of rotatable bonds is 7. The molecular weight excluding hydrogens is 188 g/mol. The molecule has 0 unspecified atom stereocenters. The Morgan fingerprint density at radius 3 is 2.47 bits per heavy atom. The molecule has 0 aliphatic carbocycles. The summed E-state index contributed by atoms with van der Waals surface area (Å²) < 4.78 is 1.70. The number of nitrogens with one attached hydrogen (secondary N) is 1. The first kappa shape index (κ1) is 12.1. The van der Waals surface area contributed by atoms with E-state index in [2.05, 4.69) is 12.0 Å². The summed E-state index contributed by atoms with van der Waals surface area (Å²) in [7, 11) is 0. The van der Waals surface area contributed by atoms with E-state index in [1.165, 1.54) is 32.1 Å². The second-order valence-electron chi connectivity index (χ2n) is 4.20. The van der Waals surface area contributed by atoms with Gasteiger partial charge in [0.05, 0.1) is 0 Å². The maximum absolute atomic E-state index is 11.3. The first-order valence-electron chi connectivity index (χ1n) is 6.00. The smallest absolute Gasteiger partial charge is 0.266 e. The standard InChI is InChI=1S/C12H22N2O/c1-3-4-5-6-7-8-9-14-12(15)10-11(2)13-14/h10,13H,3-9H2,1-2H3. The van der Waals surface area contributed by atoms with Crippen LogP contribution in [0.4, 0.5) is 0 Å². The Morgan fingerprint density at radius 1 is 1.20 bits per heavy atom. The molecule has 15 heavy (non-hydrogen) atoms. The Labute approximate surface area is 91.5 Å². The number of H-pyrrole nitrogens is 1. The lowest BCUT2D eigenvalue weighted by molar-refractivity contribution is 0.516. The molecule has 0 bridgehead atoms. The van der Waals surface area contributed by atoms with E-state index in [0.717, 1.165) is 18.7 Å². The highest BCUT2D eigenvalue weighted by atomic mass is 16.1. The molecule has 0 saturated carbocycles. The van der Waals surface area contributed by atoms with Crippen LogP contribution in [-0.4, -0.2) is 9.78 Å². The monoisotopic (exact) mass is 210 g/mol. The minimum atomic E-state index is 0.0982. The molecule has 1 aromatic rings. The quantitative estimate of drug-likeness (QED) is 0.690. The van der Waals surface area contributed by atoms with E-state index >= 15 is 0 Å². The lowest BCUT2D eigenvalue weighted by atomic mass is 10.1. The van der Waals surface area contributed by atoms with Crippen molar-refractivity contribution in [1.82, 2.24) is 9.78 Å². The van der Waals surface area contributed by atoms with Crippen molar-refractivity contribution in [3.8, 4) is 0 Å². The third kappa shape index (κ3) is 4.36. The predicted molar refractivity (Wildman–Crippen MR) is 63.2 cm³/mol. The van der Waals surface area contributed by atoms with Crippen molar-refractivity contribution in [2.45, 2.75) is 58.9 Å². The van der Waals surface area contributed by atoms with Crippen LogP contribution in [-0.2, 0) is 6.54 Å². The molecule has 3 heteroatoms. The van der Waals surface area contributed by atoms with Gasteiger partial charge in [0, 0.05) is 18.3 Å². The van der Waals surface area contributed by atoms with E-state index in [9.17, 15) is 4.79 Å². The van der Waals surface area contributed by atoms with Crippen LogP contribution in [0, 0.1) is 6.92 Å². The van der Waals surface area contributed by atoms with E-state index in [1.807, 2.05) is 6.92 Å². The van der Waals surface area contributed by atoms with Crippen LogP contribution in [0.25, 0.3) is 0 Å². The molecule has 86 valence electrons. The molecule has 0 saturated heterocycles. The second kappa shape index (κ2) is 6.49. The molecule has 0 aromatic carbocycles. The van der Waals surface area contributed by atoms with Gasteiger partial charge >= 0.3 is 0 Å². The highest BCUT2D eigenvalue weighted by Gasteiger charge is 1.98. The van der Waals surface area contributed by atoms with Crippen LogP contribution in [0.5, 0.6) is 0 Å². The summed E-state index contributed by atoms with van der Waals surface area (Å²) in [6.45, 7) is 4.97. The van der Waals surface area contributed by atoms with Crippen LogP contribution in [0.1, 0.15) is 51.1 Å². The summed E-state index contributed by atoms with van der Waals surface area (Å²) in [4.78, 5) is 11.3. The molecule has 3 nitrogen and oxygen atoms in total. The molecule has 0 amide bonds. The molecule has 0 fully saturated rings. The molecule has 1 rings (SSSR count). The third-order valence-corrected chi connectivity index (χ3v) is 2.65. The zero-order valence-electron chi connectivity index (χ0n) is 9.88. The van der Waals surface area contributed by atoms with E-state index in [-0.39, 0.29) is 5.56 Å². The third-order valence-electron chi connectivity index (χ3n) is 2.65. The summed E-state index contributed by atoms with van der Waals surface area (Å²) in [6.07, 6.45) is 7.57. The van der Waals surface area contributed by atoms with Crippen molar-refractivity contribution in [3.63, 3.8) is 0 Å². The number of unbranched alkanes of at least 4 members (excludes halogenated alkanes) is 5. The summed E-state index contributed by atoms with van der Waals surface area (Å²) >= 11 is 0. The van der Waals surface area contributed by atoms with Gasteiger partial charge in [0.15, 0.2) is 0 Å². The summed E-state index contributed by atoms with van der Waals surface area (Å²) in [5, 5.41) is 3.05. The highest BCUT2D eigenvalue weighted by molar-refractivity contribution is 4.95. The second-order valence-corrected chi connectivity index (χ2v) is 4.20. The fourth-order valence-corrected chi connectivity index (χ4v) is 1.78. The molecular formula is C12H22N2O. The lowest BCUT2D eigenvalue weighted by Gasteiger charge is -2.02. The van der Waals surface area contributed by atoms with Gasteiger partial charge in [0.25, 0.3) is 5.56 Å². The largest absolute Gasteiger partial charge is 0.300 e. The number of aryl methyl sites for hydroxylation is 2. The van der Waals surface area contributed by atoms with Gasteiger partial charge in [0.2, 0.25) is 0 Å². The van der Waals surface area contributed by atoms with E-state index < -0.39 is 0 Å². The maximum atomic E-state index is 11.3. The van der Waals surface area contributed by atoms with Gasteiger partial charge in [-0.25, -0.2) is 0 Å². The van der Waals surface area contributed by atoms with Crippen LogP contribution < -0.4 is 5.56 Å². The molecule has 1 heterocycles. The van der Waals surface area contributed by atoms with Crippen molar-refractivity contribution in [1.29, 1.82) is 0 Å². The van der Waals surface area contributed by atoms with E-state index in [0.29, 0.717) is 0 Å². The zero-order valence-corrected chi connectivity index (χ0v) is 9.88.